The number of pyridine rings is 1. The Bertz CT molecular complexity index is 639. The minimum absolute atomic E-state index is 0.128. The van der Waals surface area contributed by atoms with Gasteiger partial charge in [-0.05, 0) is 67.3 Å². The summed E-state index contributed by atoms with van der Waals surface area (Å²) in [7, 11) is 1.97. The number of nitrogens with one attached hydrogen (secondary N) is 1. The number of halogens is 3. The lowest BCUT2D eigenvalue weighted by atomic mass is 10.1. The van der Waals surface area contributed by atoms with Gasteiger partial charge >= 0.3 is 0 Å². The van der Waals surface area contributed by atoms with E-state index in [4.69, 9.17) is 0 Å². The number of rotatable bonds is 5. The van der Waals surface area contributed by atoms with Gasteiger partial charge in [-0.25, -0.2) is 0 Å². The number of nitrogens with zero attached hydrogens (tertiary/aromatic N) is 3. The molecule has 2 aromatic rings. The van der Waals surface area contributed by atoms with E-state index in [-0.39, 0.29) is 6.04 Å². The molecule has 114 valence electrons. The first kappa shape index (κ1) is 17.1. The van der Waals surface area contributed by atoms with Crippen LogP contribution < -0.4 is 5.32 Å². The molecular formula is C14H17Br3N4. The molecule has 0 aliphatic heterocycles. The van der Waals surface area contributed by atoms with E-state index in [1.54, 1.807) is 0 Å². The molecular weight excluding hydrogens is 464 g/mol. The summed E-state index contributed by atoms with van der Waals surface area (Å²) < 4.78 is 4.96. The molecule has 1 unspecified atom stereocenters. The monoisotopic (exact) mass is 478 g/mol. The van der Waals surface area contributed by atoms with Crippen molar-refractivity contribution in [2.75, 3.05) is 6.54 Å². The molecule has 2 aromatic heterocycles. The quantitative estimate of drug-likeness (QED) is 0.693. The van der Waals surface area contributed by atoms with Crippen molar-refractivity contribution in [1.82, 2.24) is 20.1 Å². The van der Waals surface area contributed by atoms with Crippen LogP contribution in [0.25, 0.3) is 0 Å². The molecule has 0 spiro atoms. The lowest BCUT2D eigenvalue weighted by molar-refractivity contribution is 0.514. The molecule has 0 aliphatic carbocycles. The molecule has 0 bridgehead atoms. The highest BCUT2D eigenvalue weighted by Gasteiger charge is 2.20. The van der Waals surface area contributed by atoms with Crippen molar-refractivity contribution >= 4 is 47.8 Å². The molecule has 0 radical (unpaired) electrons. The Hall–Kier alpha value is -0.240. The summed E-state index contributed by atoms with van der Waals surface area (Å²) in [6.45, 7) is 4.98. The van der Waals surface area contributed by atoms with Crippen molar-refractivity contribution in [2.45, 2.75) is 26.3 Å². The summed E-state index contributed by atoms with van der Waals surface area (Å²) in [6.07, 6.45) is 2.65. The van der Waals surface area contributed by atoms with Crippen LogP contribution in [-0.2, 0) is 13.5 Å². The minimum atomic E-state index is 0.128. The first-order chi connectivity index (χ1) is 9.93. The predicted molar refractivity (Wildman–Crippen MR) is 95.4 cm³/mol. The fraction of sp³-hybridized carbons (Fsp3) is 0.429. The van der Waals surface area contributed by atoms with E-state index in [0.717, 1.165) is 43.5 Å². The maximum Gasteiger partial charge on any atom is 0.0738 e. The van der Waals surface area contributed by atoms with Crippen molar-refractivity contribution in [3.63, 3.8) is 0 Å². The second kappa shape index (κ2) is 7.35. The molecule has 4 nitrogen and oxygen atoms in total. The van der Waals surface area contributed by atoms with Gasteiger partial charge < -0.3 is 5.32 Å². The zero-order valence-electron chi connectivity index (χ0n) is 12.1. The van der Waals surface area contributed by atoms with Gasteiger partial charge in [-0.2, -0.15) is 5.10 Å². The van der Waals surface area contributed by atoms with Crippen molar-refractivity contribution in [3.8, 4) is 0 Å². The topological polar surface area (TPSA) is 42.7 Å². The lowest BCUT2D eigenvalue weighted by Crippen LogP contribution is -2.25. The molecule has 0 amide bonds. The Morgan fingerprint density at radius 1 is 1.33 bits per heavy atom. The summed E-state index contributed by atoms with van der Waals surface area (Å²) in [5.41, 5.74) is 3.17. The van der Waals surface area contributed by atoms with Gasteiger partial charge in [-0.3, -0.25) is 9.67 Å². The van der Waals surface area contributed by atoms with E-state index >= 15 is 0 Å². The normalized spacial score (nSPS) is 12.7. The Morgan fingerprint density at radius 3 is 2.57 bits per heavy atom. The Morgan fingerprint density at radius 2 is 2.05 bits per heavy atom. The maximum absolute atomic E-state index is 4.56. The molecule has 0 fully saturated rings. The fourth-order valence-corrected chi connectivity index (χ4v) is 4.05. The summed E-state index contributed by atoms with van der Waals surface area (Å²) in [5.74, 6) is 0. The van der Waals surface area contributed by atoms with Crippen LogP contribution in [-0.4, -0.2) is 21.3 Å². The van der Waals surface area contributed by atoms with Gasteiger partial charge in [0.25, 0.3) is 0 Å². The summed E-state index contributed by atoms with van der Waals surface area (Å²) in [5, 5.41) is 7.96. The summed E-state index contributed by atoms with van der Waals surface area (Å²) in [4.78, 5) is 4.56. The molecule has 0 saturated heterocycles. The van der Waals surface area contributed by atoms with Gasteiger partial charge in [0.2, 0.25) is 0 Å². The molecule has 0 aliphatic rings. The van der Waals surface area contributed by atoms with Crippen LogP contribution in [0.4, 0.5) is 0 Å². The van der Waals surface area contributed by atoms with E-state index in [2.05, 4.69) is 70.1 Å². The fourth-order valence-electron chi connectivity index (χ4n) is 2.29. The van der Waals surface area contributed by atoms with Crippen molar-refractivity contribution in [1.29, 1.82) is 0 Å². The van der Waals surface area contributed by atoms with Gasteiger partial charge in [0.05, 0.1) is 27.6 Å². The van der Waals surface area contributed by atoms with E-state index in [1.807, 2.05) is 30.9 Å². The SMILES string of the molecule is CCNC(Cc1c(Br)c(C)nn1C)c1ncc(Br)cc1Br. The zero-order chi connectivity index (χ0) is 15.6. The number of aromatic nitrogens is 3. The van der Waals surface area contributed by atoms with Gasteiger partial charge in [0.1, 0.15) is 0 Å². The van der Waals surface area contributed by atoms with E-state index in [9.17, 15) is 0 Å². The molecule has 1 atom stereocenters. The van der Waals surface area contributed by atoms with Gasteiger partial charge in [0, 0.05) is 28.6 Å². The standard InChI is InChI=1S/C14H17Br3N4/c1-4-18-11(14-10(16)5-9(15)7-19-14)6-12-13(17)8(2)20-21(12)3/h5,7,11,18H,4,6H2,1-3H3. The summed E-state index contributed by atoms with van der Waals surface area (Å²) in [6, 6.07) is 2.15. The highest BCUT2D eigenvalue weighted by molar-refractivity contribution is 9.11. The molecule has 7 heteroatoms. The maximum atomic E-state index is 4.56. The highest BCUT2D eigenvalue weighted by atomic mass is 79.9. The second-order valence-electron chi connectivity index (χ2n) is 4.80. The molecule has 1 N–H and O–H groups in total. The number of hydrogen-bond acceptors (Lipinski definition) is 3. The zero-order valence-corrected chi connectivity index (χ0v) is 16.9. The van der Waals surface area contributed by atoms with Crippen LogP contribution >= 0.6 is 47.8 Å². The third-order valence-electron chi connectivity index (χ3n) is 3.28. The molecule has 0 aromatic carbocycles. The molecule has 21 heavy (non-hydrogen) atoms. The molecule has 0 saturated carbocycles. The van der Waals surface area contributed by atoms with Crippen LogP contribution in [0.5, 0.6) is 0 Å². The highest BCUT2D eigenvalue weighted by Crippen LogP contribution is 2.29. The minimum Gasteiger partial charge on any atom is -0.309 e. The first-order valence-corrected chi connectivity index (χ1v) is 9.04. The number of aryl methyl sites for hydroxylation is 2. The number of likely N-dealkylation sites (N-methyl/N-ethyl adjacent to an activating group) is 1. The average molecular weight is 481 g/mol. The second-order valence-corrected chi connectivity index (χ2v) is 7.37. The van der Waals surface area contributed by atoms with Crippen LogP contribution in [0.3, 0.4) is 0 Å². The van der Waals surface area contributed by atoms with Crippen LogP contribution in [0.1, 0.15) is 30.0 Å². The Balaban J connectivity index is 2.35. The average Bonchev–Trinajstić information content (AvgIpc) is 2.65. The third kappa shape index (κ3) is 3.94. The predicted octanol–water partition coefficient (Wildman–Crippen LogP) is 4.30. The largest absolute Gasteiger partial charge is 0.309 e. The van der Waals surface area contributed by atoms with Crippen LogP contribution in [0.15, 0.2) is 25.7 Å². The molecule has 2 heterocycles. The first-order valence-electron chi connectivity index (χ1n) is 6.66. The van der Waals surface area contributed by atoms with Gasteiger partial charge in [0.15, 0.2) is 0 Å². The Labute approximate surface area is 150 Å². The van der Waals surface area contributed by atoms with Gasteiger partial charge in [-0.15, -0.1) is 0 Å². The lowest BCUT2D eigenvalue weighted by Gasteiger charge is -2.19. The summed E-state index contributed by atoms with van der Waals surface area (Å²) >= 11 is 10.7. The van der Waals surface area contributed by atoms with Crippen molar-refractivity contribution in [3.05, 3.63) is 42.8 Å². The van der Waals surface area contributed by atoms with E-state index in [1.165, 1.54) is 0 Å². The Kier molecular flexibility index (Phi) is 5.99. The van der Waals surface area contributed by atoms with Crippen molar-refractivity contribution in [2.24, 2.45) is 7.05 Å². The van der Waals surface area contributed by atoms with Crippen LogP contribution in [0, 0.1) is 6.92 Å². The van der Waals surface area contributed by atoms with Crippen molar-refractivity contribution < 1.29 is 0 Å². The molecule has 2 rings (SSSR count). The third-order valence-corrected chi connectivity index (χ3v) is 5.38. The number of hydrogen-bond donors (Lipinski definition) is 1. The van der Waals surface area contributed by atoms with Crippen LogP contribution in [0.2, 0.25) is 0 Å². The van der Waals surface area contributed by atoms with E-state index < -0.39 is 0 Å². The smallest absolute Gasteiger partial charge is 0.0738 e. The van der Waals surface area contributed by atoms with Gasteiger partial charge in [-0.1, -0.05) is 6.92 Å². The van der Waals surface area contributed by atoms with E-state index in [0.29, 0.717) is 0 Å².